The molecule has 1 saturated heterocycles. The van der Waals surface area contributed by atoms with E-state index in [4.69, 9.17) is 10.5 Å². The fraction of sp³-hybridized carbons (Fsp3) is 0.667. The third kappa shape index (κ3) is 3.65. The van der Waals surface area contributed by atoms with Crippen LogP contribution in [0.4, 0.5) is 5.82 Å². The van der Waals surface area contributed by atoms with Crippen molar-refractivity contribution in [3.8, 4) is 0 Å². The van der Waals surface area contributed by atoms with Crippen molar-refractivity contribution in [3.05, 3.63) is 23.9 Å². The molecule has 3 N–H and O–H groups in total. The Morgan fingerprint density at radius 3 is 2.79 bits per heavy atom. The highest BCUT2D eigenvalue weighted by Gasteiger charge is 2.63. The number of nitrogens with zero attached hydrogens (tertiary/aromatic N) is 2. The normalized spacial score (nSPS) is 29.1. The number of anilines is 1. The molecule has 0 bridgehead atoms. The summed E-state index contributed by atoms with van der Waals surface area (Å²) in [5.74, 6) is 0.124. The smallest absolute Gasteiger partial charge is 0.243 e. The van der Waals surface area contributed by atoms with Gasteiger partial charge in [0.25, 0.3) is 0 Å². The SMILES string of the molecule is CCOC1CC(N)(C(=O)N2CCCC(C(=O)Nc3cccc(C)n3)C2)C1(C)C. The summed E-state index contributed by atoms with van der Waals surface area (Å²) < 4.78 is 5.74. The number of nitrogens with one attached hydrogen (secondary N) is 1. The molecule has 7 heteroatoms. The van der Waals surface area contributed by atoms with Gasteiger partial charge in [-0.05, 0) is 38.8 Å². The minimum Gasteiger partial charge on any atom is -0.378 e. The molecule has 154 valence electrons. The average molecular weight is 389 g/mol. The second kappa shape index (κ2) is 7.79. The van der Waals surface area contributed by atoms with Crippen molar-refractivity contribution in [2.75, 3.05) is 25.0 Å². The van der Waals surface area contributed by atoms with Crippen LogP contribution in [0.1, 0.15) is 45.7 Å². The minimum absolute atomic E-state index is 0.0114. The second-order valence-electron chi connectivity index (χ2n) is 8.58. The van der Waals surface area contributed by atoms with E-state index in [0.29, 0.717) is 31.9 Å². The van der Waals surface area contributed by atoms with Crippen molar-refractivity contribution in [2.24, 2.45) is 17.1 Å². The number of likely N-dealkylation sites (tertiary alicyclic amines) is 1. The van der Waals surface area contributed by atoms with Gasteiger partial charge in [0.2, 0.25) is 11.8 Å². The first-order valence-corrected chi connectivity index (χ1v) is 10.1. The van der Waals surface area contributed by atoms with Gasteiger partial charge in [-0.3, -0.25) is 9.59 Å². The van der Waals surface area contributed by atoms with E-state index in [2.05, 4.69) is 10.3 Å². The molecule has 1 aliphatic heterocycles. The molecule has 2 amide bonds. The van der Waals surface area contributed by atoms with Crippen LogP contribution >= 0.6 is 0 Å². The standard InChI is InChI=1S/C21H32N4O3/c1-5-28-16-12-21(22,20(16,3)4)19(27)25-11-7-9-15(13-25)18(26)24-17-10-6-8-14(2)23-17/h6,8,10,15-16H,5,7,9,11-13,22H2,1-4H3,(H,23,24,26). The predicted molar refractivity (Wildman–Crippen MR) is 108 cm³/mol. The molecule has 2 fully saturated rings. The number of carbonyl (C=O) groups excluding carboxylic acids is 2. The molecule has 0 aromatic carbocycles. The molecule has 1 aromatic rings. The van der Waals surface area contributed by atoms with Gasteiger partial charge < -0.3 is 20.7 Å². The highest BCUT2D eigenvalue weighted by molar-refractivity contribution is 5.93. The van der Waals surface area contributed by atoms with Crippen molar-refractivity contribution >= 4 is 17.6 Å². The van der Waals surface area contributed by atoms with Crippen LogP contribution in [0, 0.1) is 18.3 Å². The monoisotopic (exact) mass is 388 g/mol. The molecule has 2 aliphatic rings. The van der Waals surface area contributed by atoms with Crippen LogP contribution < -0.4 is 11.1 Å². The zero-order valence-electron chi connectivity index (χ0n) is 17.3. The molecular weight excluding hydrogens is 356 g/mol. The molecule has 28 heavy (non-hydrogen) atoms. The number of ether oxygens (including phenoxy) is 1. The number of carbonyl (C=O) groups is 2. The maximum absolute atomic E-state index is 13.2. The highest BCUT2D eigenvalue weighted by atomic mass is 16.5. The number of rotatable bonds is 5. The van der Waals surface area contributed by atoms with Crippen molar-refractivity contribution in [1.29, 1.82) is 0 Å². The molecule has 7 nitrogen and oxygen atoms in total. The lowest BCUT2D eigenvalue weighted by Gasteiger charge is -2.59. The van der Waals surface area contributed by atoms with Crippen LogP contribution in [0.5, 0.6) is 0 Å². The Morgan fingerprint density at radius 2 is 2.14 bits per heavy atom. The average Bonchev–Trinajstić information content (AvgIpc) is 2.67. The lowest BCUT2D eigenvalue weighted by atomic mass is 9.54. The fourth-order valence-corrected chi connectivity index (χ4v) is 4.30. The number of nitrogens with two attached hydrogens (primary N) is 1. The van der Waals surface area contributed by atoms with Gasteiger partial charge in [0.15, 0.2) is 0 Å². The molecule has 3 atom stereocenters. The molecule has 2 heterocycles. The van der Waals surface area contributed by atoms with E-state index >= 15 is 0 Å². The van der Waals surface area contributed by atoms with Gasteiger partial charge in [0.05, 0.1) is 12.0 Å². The van der Waals surface area contributed by atoms with E-state index in [9.17, 15) is 9.59 Å². The molecule has 1 saturated carbocycles. The first-order valence-electron chi connectivity index (χ1n) is 10.1. The van der Waals surface area contributed by atoms with Crippen LogP contribution in [0.15, 0.2) is 18.2 Å². The topological polar surface area (TPSA) is 97.5 Å². The number of hydrogen-bond donors (Lipinski definition) is 2. The summed E-state index contributed by atoms with van der Waals surface area (Å²) in [5, 5.41) is 2.88. The quantitative estimate of drug-likeness (QED) is 0.805. The Kier molecular flexibility index (Phi) is 5.77. The summed E-state index contributed by atoms with van der Waals surface area (Å²) >= 11 is 0. The summed E-state index contributed by atoms with van der Waals surface area (Å²) in [6, 6.07) is 5.52. The van der Waals surface area contributed by atoms with Gasteiger partial charge in [0.1, 0.15) is 11.4 Å². The zero-order valence-corrected chi connectivity index (χ0v) is 17.3. The van der Waals surface area contributed by atoms with Crippen molar-refractivity contribution in [1.82, 2.24) is 9.88 Å². The Hall–Kier alpha value is -1.99. The molecule has 0 radical (unpaired) electrons. The summed E-state index contributed by atoms with van der Waals surface area (Å²) in [5.41, 5.74) is 6.03. The molecule has 1 aliphatic carbocycles. The molecule has 3 rings (SSSR count). The molecule has 3 unspecified atom stereocenters. The number of aryl methyl sites for hydroxylation is 1. The Morgan fingerprint density at radius 1 is 1.39 bits per heavy atom. The third-order valence-electron chi connectivity index (χ3n) is 6.43. The van der Waals surface area contributed by atoms with Gasteiger partial charge in [-0.25, -0.2) is 4.98 Å². The maximum Gasteiger partial charge on any atom is 0.243 e. The van der Waals surface area contributed by atoms with Crippen LogP contribution in [0.3, 0.4) is 0 Å². The van der Waals surface area contributed by atoms with Gasteiger partial charge in [-0.15, -0.1) is 0 Å². The lowest BCUT2D eigenvalue weighted by Crippen LogP contribution is -2.76. The first kappa shape index (κ1) is 20.7. The Bertz CT molecular complexity index is 751. The van der Waals surface area contributed by atoms with Crippen LogP contribution in [0.2, 0.25) is 0 Å². The Balaban J connectivity index is 1.64. The summed E-state index contributed by atoms with van der Waals surface area (Å²) in [6.45, 7) is 9.46. The number of aromatic nitrogens is 1. The summed E-state index contributed by atoms with van der Waals surface area (Å²) in [7, 11) is 0. The van der Waals surface area contributed by atoms with E-state index in [1.165, 1.54) is 0 Å². The summed E-state index contributed by atoms with van der Waals surface area (Å²) in [6.07, 6.45) is 2.05. The van der Waals surface area contributed by atoms with E-state index in [-0.39, 0.29) is 23.8 Å². The fourth-order valence-electron chi connectivity index (χ4n) is 4.30. The zero-order chi connectivity index (χ0) is 20.5. The predicted octanol–water partition coefficient (Wildman–Crippen LogP) is 2.10. The maximum atomic E-state index is 13.2. The largest absolute Gasteiger partial charge is 0.378 e. The summed E-state index contributed by atoms with van der Waals surface area (Å²) in [4.78, 5) is 32.0. The molecular formula is C21H32N4O3. The van der Waals surface area contributed by atoms with Gasteiger partial charge >= 0.3 is 0 Å². The lowest BCUT2D eigenvalue weighted by molar-refractivity contribution is -0.180. The molecule has 1 aromatic heterocycles. The number of piperidine rings is 1. The van der Waals surface area contributed by atoms with Crippen molar-refractivity contribution < 1.29 is 14.3 Å². The minimum atomic E-state index is -0.941. The highest BCUT2D eigenvalue weighted by Crippen LogP contribution is 2.50. The first-order chi connectivity index (χ1) is 13.2. The van der Waals surface area contributed by atoms with E-state index in [0.717, 1.165) is 18.5 Å². The van der Waals surface area contributed by atoms with Crippen LogP contribution in [-0.2, 0) is 14.3 Å². The number of hydrogen-bond acceptors (Lipinski definition) is 5. The number of pyridine rings is 1. The van der Waals surface area contributed by atoms with Crippen LogP contribution in [0.25, 0.3) is 0 Å². The van der Waals surface area contributed by atoms with E-state index in [1.54, 1.807) is 11.0 Å². The van der Waals surface area contributed by atoms with Gasteiger partial charge in [0, 0.05) is 37.2 Å². The van der Waals surface area contributed by atoms with Crippen molar-refractivity contribution in [2.45, 2.75) is 58.6 Å². The number of amides is 2. The second-order valence-corrected chi connectivity index (χ2v) is 8.58. The van der Waals surface area contributed by atoms with Crippen molar-refractivity contribution in [3.63, 3.8) is 0 Å². The van der Waals surface area contributed by atoms with Gasteiger partial charge in [-0.2, -0.15) is 0 Å². The van der Waals surface area contributed by atoms with E-state index < -0.39 is 11.0 Å². The Labute approximate surface area is 167 Å². The van der Waals surface area contributed by atoms with Gasteiger partial charge in [-0.1, -0.05) is 19.9 Å². The van der Waals surface area contributed by atoms with E-state index in [1.807, 2.05) is 39.8 Å². The third-order valence-corrected chi connectivity index (χ3v) is 6.43. The van der Waals surface area contributed by atoms with Crippen LogP contribution in [-0.4, -0.2) is 53.0 Å². The molecule has 0 spiro atoms.